The highest BCUT2D eigenvalue weighted by molar-refractivity contribution is 7.92. The van der Waals surface area contributed by atoms with Crippen LogP contribution in [0.15, 0.2) is 36.4 Å². The van der Waals surface area contributed by atoms with Crippen molar-refractivity contribution in [1.82, 2.24) is 0 Å². The number of aliphatic carboxylic acids is 1. The average molecular weight is 533 g/mol. The lowest BCUT2D eigenvalue weighted by Crippen LogP contribution is -2.62. The van der Waals surface area contributed by atoms with Gasteiger partial charge < -0.3 is 5.11 Å². The van der Waals surface area contributed by atoms with Crippen LogP contribution in [-0.2, 0) is 19.4 Å². The largest absolute Gasteiger partial charge is 0.481 e. The van der Waals surface area contributed by atoms with Crippen LogP contribution in [0.3, 0.4) is 0 Å². The van der Waals surface area contributed by atoms with E-state index < -0.39 is 33.7 Å². The van der Waals surface area contributed by atoms with Crippen LogP contribution in [0.1, 0.15) is 81.1 Å². The van der Waals surface area contributed by atoms with Crippen molar-refractivity contribution in [3.8, 4) is 10.4 Å². The lowest BCUT2D eigenvalue weighted by atomic mass is 9.82. The maximum absolute atomic E-state index is 14.0. The summed E-state index contributed by atoms with van der Waals surface area (Å²) in [5.74, 6) is -0.239. The van der Waals surface area contributed by atoms with E-state index in [0.717, 1.165) is 21.7 Å². The molecule has 7 heteroatoms. The van der Waals surface area contributed by atoms with E-state index in [9.17, 15) is 18.3 Å². The minimum atomic E-state index is -3.66. The Morgan fingerprint density at radius 1 is 1.03 bits per heavy atom. The molecule has 4 rings (SSSR count). The van der Waals surface area contributed by atoms with E-state index in [1.807, 2.05) is 38.7 Å². The van der Waals surface area contributed by atoms with Gasteiger partial charge in [0.1, 0.15) is 4.75 Å². The highest BCUT2D eigenvalue weighted by Crippen LogP contribution is 2.64. The molecular weight excluding hydrogens is 493 g/mol. The van der Waals surface area contributed by atoms with Crippen molar-refractivity contribution in [2.24, 2.45) is 0 Å². The quantitative estimate of drug-likeness (QED) is 0.369. The number of carboxylic acids is 1. The number of rotatable bonds is 7. The SMILES string of the molecule is CCC(C(=O)O)([C@]1(c2ccc(-c3ccc(C4CCCCC4)cc3)s2)CCCCS1(=O)=O)[Si](C)(C)C. The summed E-state index contributed by atoms with van der Waals surface area (Å²) < 4.78 is 26.6. The minimum Gasteiger partial charge on any atom is -0.481 e. The van der Waals surface area contributed by atoms with Gasteiger partial charge in [0.05, 0.1) is 18.9 Å². The van der Waals surface area contributed by atoms with Crippen molar-refractivity contribution in [2.45, 2.75) is 100 Å². The van der Waals surface area contributed by atoms with Gasteiger partial charge in [-0.3, -0.25) is 4.79 Å². The standard InChI is InChI=1S/C28H40O4S2Si/c1-5-28(26(29)30,35(2,3)4)27(19-9-10-20-34(27,31)32)25-18-17-24(33-25)23-15-13-22(14-16-23)21-11-7-6-8-12-21/h13-18,21H,5-12,19-20H2,1-4H3,(H,29,30)/t27-,28?/m1/s1. The number of benzene rings is 1. The fraction of sp³-hybridized carbons (Fsp3) is 0.607. The Morgan fingerprint density at radius 2 is 1.69 bits per heavy atom. The Kier molecular flexibility index (Phi) is 7.44. The van der Waals surface area contributed by atoms with E-state index in [-0.39, 0.29) is 5.75 Å². The summed E-state index contributed by atoms with van der Waals surface area (Å²) in [6, 6.07) is 12.7. The first-order chi connectivity index (χ1) is 16.5. The highest BCUT2D eigenvalue weighted by atomic mass is 32.2. The summed E-state index contributed by atoms with van der Waals surface area (Å²) in [4.78, 5) is 14.8. The molecule has 0 amide bonds. The Morgan fingerprint density at radius 3 is 2.23 bits per heavy atom. The van der Waals surface area contributed by atoms with Gasteiger partial charge in [-0.05, 0) is 61.3 Å². The van der Waals surface area contributed by atoms with Crippen LogP contribution in [0, 0.1) is 0 Å². The number of hydrogen-bond donors (Lipinski definition) is 1. The van der Waals surface area contributed by atoms with Crippen molar-refractivity contribution in [3.63, 3.8) is 0 Å². The molecule has 0 spiro atoms. The zero-order chi connectivity index (χ0) is 25.5. The minimum absolute atomic E-state index is 0.0653. The number of thiophene rings is 1. The summed E-state index contributed by atoms with van der Waals surface area (Å²) in [5, 5.41) is 9.44. The van der Waals surface area contributed by atoms with Gasteiger partial charge in [-0.2, -0.15) is 0 Å². The summed E-state index contributed by atoms with van der Waals surface area (Å²) in [5.41, 5.74) is 2.47. The van der Waals surface area contributed by atoms with Crippen LogP contribution in [0.4, 0.5) is 0 Å². The van der Waals surface area contributed by atoms with Gasteiger partial charge in [-0.1, -0.05) is 76.5 Å². The molecule has 1 aliphatic carbocycles. The van der Waals surface area contributed by atoms with Crippen LogP contribution in [0.5, 0.6) is 0 Å². The second kappa shape index (κ2) is 9.79. The topological polar surface area (TPSA) is 71.4 Å². The lowest BCUT2D eigenvalue weighted by molar-refractivity contribution is -0.142. The first kappa shape index (κ1) is 26.6. The molecule has 0 radical (unpaired) electrons. The summed E-state index contributed by atoms with van der Waals surface area (Å²) >= 11 is 1.49. The maximum atomic E-state index is 14.0. The normalized spacial score (nSPS) is 25.1. The van der Waals surface area contributed by atoms with Crippen LogP contribution < -0.4 is 0 Å². The molecule has 2 fully saturated rings. The molecule has 1 unspecified atom stereocenters. The zero-order valence-corrected chi connectivity index (χ0v) is 24.2. The Balaban J connectivity index is 1.82. The van der Waals surface area contributed by atoms with Gasteiger partial charge in [-0.25, -0.2) is 8.42 Å². The van der Waals surface area contributed by atoms with Crippen LogP contribution >= 0.6 is 11.3 Å². The molecule has 2 aromatic rings. The molecule has 2 atom stereocenters. The molecule has 0 bridgehead atoms. The number of hydrogen-bond acceptors (Lipinski definition) is 4. The van der Waals surface area contributed by atoms with E-state index >= 15 is 0 Å². The maximum Gasteiger partial charge on any atom is 0.308 e. The molecule has 1 aromatic heterocycles. The summed E-state index contributed by atoms with van der Waals surface area (Å²) in [6.45, 7) is 7.94. The van der Waals surface area contributed by atoms with Crippen molar-refractivity contribution in [1.29, 1.82) is 0 Å². The van der Waals surface area contributed by atoms with Crippen LogP contribution in [-0.4, -0.2) is 33.3 Å². The predicted octanol–water partition coefficient (Wildman–Crippen LogP) is 7.83. The molecule has 1 aliphatic heterocycles. The van der Waals surface area contributed by atoms with E-state index in [1.54, 1.807) is 0 Å². The van der Waals surface area contributed by atoms with Gasteiger partial charge in [0.15, 0.2) is 9.84 Å². The summed E-state index contributed by atoms with van der Waals surface area (Å²) in [7, 11) is -6.16. The van der Waals surface area contributed by atoms with Gasteiger partial charge >= 0.3 is 5.97 Å². The second-order valence-corrected chi connectivity index (χ2v) is 20.3. The fourth-order valence-corrected chi connectivity index (χ4v) is 16.0. The van der Waals surface area contributed by atoms with Crippen molar-refractivity contribution in [3.05, 3.63) is 46.8 Å². The smallest absolute Gasteiger partial charge is 0.308 e. The van der Waals surface area contributed by atoms with Crippen LogP contribution in [0.25, 0.3) is 10.4 Å². The van der Waals surface area contributed by atoms with E-state index in [0.29, 0.717) is 25.2 Å². The molecular formula is C28H40O4S2Si. The van der Waals surface area contributed by atoms with E-state index in [2.05, 4.69) is 24.3 Å². The monoisotopic (exact) mass is 532 g/mol. The lowest BCUT2D eigenvalue weighted by Gasteiger charge is -2.54. The number of sulfone groups is 1. The number of carboxylic acid groups (broad SMARTS) is 1. The summed E-state index contributed by atoms with van der Waals surface area (Å²) in [6.07, 6.45) is 8.51. The highest BCUT2D eigenvalue weighted by Gasteiger charge is 2.69. The first-order valence-electron chi connectivity index (χ1n) is 13.2. The molecule has 1 saturated heterocycles. The number of carbonyl (C=O) groups is 1. The van der Waals surface area contributed by atoms with Gasteiger partial charge in [0.25, 0.3) is 0 Å². The molecule has 35 heavy (non-hydrogen) atoms. The molecule has 192 valence electrons. The first-order valence-corrected chi connectivity index (χ1v) is 19.1. The predicted molar refractivity (Wildman–Crippen MR) is 149 cm³/mol. The Hall–Kier alpha value is -1.44. The second-order valence-electron chi connectivity index (χ2n) is 11.5. The van der Waals surface area contributed by atoms with Gasteiger partial charge in [0.2, 0.25) is 0 Å². The van der Waals surface area contributed by atoms with Crippen molar-refractivity contribution < 1.29 is 18.3 Å². The molecule has 1 N–H and O–H groups in total. The average Bonchev–Trinajstić information content (AvgIpc) is 3.31. The molecule has 1 saturated carbocycles. The molecule has 4 nitrogen and oxygen atoms in total. The molecule has 2 heterocycles. The third-order valence-electron chi connectivity index (χ3n) is 8.86. The fourth-order valence-electron chi connectivity index (χ4n) is 7.09. The Bertz CT molecular complexity index is 1160. The third-order valence-corrected chi connectivity index (χ3v) is 16.7. The van der Waals surface area contributed by atoms with Crippen molar-refractivity contribution in [2.75, 3.05) is 5.75 Å². The third kappa shape index (κ3) is 4.25. The van der Waals surface area contributed by atoms with E-state index in [1.165, 1.54) is 49.0 Å². The molecule has 2 aliphatic rings. The molecule has 1 aromatic carbocycles. The van der Waals surface area contributed by atoms with Crippen molar-refractivity contribution >= 4 is 35.2 Å². The van der Waals surface area contributed by atoms with Crippen LogP contribution in [0.2, 0.25) is 24.7 Å². The van der Waals surface area contributed by atoms with Gasteiger partial charge in [-0.15, -0.1) is 11.3 Å². The van der Waals surface area contributed by atoms with E-state index in [4.69, 9.17) is 0 Å². The van der Waals surface area contributed by atoms with Gasteiger partial charge in [0, 0.05) is 9.75 Å². The Labute approximate surface area is 216 Å². The zero-order valence-electron chi connectivity index (χ0n) is 21.6.